The van der Waals surface area contributed by atoms with Crippen LogP contribution in [-0.2, 0) is 15.3 Å². The largest absolute Gasteiger partial charge is 0.370 e. The monoisotopic (exact) mass is 301 g/mol. The molecule has 1 aromatic rings. The van der Waals surface area contributed by atoms with Crippen LogP contribution in [0.1, 0.15) is 33.0 Å². The Bertz CT molecular complexity index is 551. The van der Waals surface area contributed by atoms with E-state index in [1.165, 1.54) is 6.26 Å². The third-order valence-corrected chi connectivity index (χ3v) is 3.57. The smallest absolute Gasteiger partial charge is 0.147 e. The van der Waals surface area contributed by atoms with Gasteiger partial charge in [0.2, 0.25) is 0 Å². The lowest BCUT2D eigenvalue weighted by Gasteiger charge is -2.18. The van der Waals surface area contributed by atoms with E-state index in [4.69, 9.17) is 5.84 Å². The summed E-state index contributed by atoms with van der Waals surface area (Å²) < 4.78 is 22.1. The lowest BCUT2D eigenvalue weighted by molar-refractivity contribution is 0.546. The predicted octanol–water partition coefficient (Wildman–Crippen LogP) is 0.906. The first kappa shape index (κ1) is 16.6. The lowest BCUT2D eigenvalue weighted by Crippen LogP contribution is -2.20. The highest BCUT2D eigenvalue weighted by molar-refractivity contribution is 7.90. The molecule has 0 saturated carbocycles. The van der Waals surface area contributed by atoms with Gasteiger partial charge in [0.1, 0.15) is 27.3 Å². The van der Waals surface area contributed by atoms with Crippen molar-refractivity contribution in [2.24, 2.45) is 5.84 Å². The summed E-state index contributed by atoms with van der Waals surface area (Å²) in [5.74, 6) is 7.37. The van der Waals surface area contributed by atoms with Crippen LogP contribution in [0, 0.1) is 0 Å². The van der Waals surface area contributed by atoms with E-state index < -0.39 is 9.84 Å². The van der Waals surface area contributed by atoms with Crippen LogP contribution in [0.25, 0.3) is 0 Å². The summed E-state index contributed by atoms with van der Waals surface area (Å²) in [6.07, 6.45) is 1.75. The van der Waals surface area contributed by atoms with E-state index in [9.17, 15) is 8.42 Å². The maximum atomic E-state index is 11.0. The second-order valence-electron chi connectivity index (χ2n) is 5.77. The van der Waals surface area contributed by atoms with E-state index in [1.807, 2.05) is 20.8 Å². The van der Waals surface area contributed by atoms with Gasteiger partial charge in [-0.2, -0.15) is 0 Å². The number of aromatic nitrogens is 2. The molecule has 0 fully saturated rings. The summed E-state index contributed by atoms with van der Waals surface area (Å²) in [6, 6.07) is 1.69. The van der Waals surface area contributed by atoms with E-state index in [0.29, 0.717) is 30.4 Å². The fourth-order valence-corrected chi connectivity index (χ4v) is 2.17. The Balaban J connectivity index is 2.75. The lowest BCUT2D eigenvalue weighted by atomic mass is 9.96. The first-order valence-electron chi connectivity index (χ1n) is 6.39. The summed E-state index contributed by atoms with van der Waals surface area (Å²) >= 11 is 0. The van der Waals surface area contributed by atoms with Gasteiger partial charge in [-0.1, -0.05) is 20.8 Å². The van der Waals surface area contributed by atoms with Gasteiger partial charge in [0, 0.05) is 24.3 Å². The Kier molecular flexibility index (Phi) is 5.29. The molecule has 1 heterocycles. The van der Waals surface area contributed by atoms with E-state index in [1.54, 1.807) is 6.07 Å². The number of hydrogen-bond donors (Lipinski definition) is 3. The van der Waals surface area contributed by atoms with E-state index >= 15 is 0 Å². The molecule has 0 aliphatic carbocycles. The van der Waals surface area contributed by atoms with Crippen molar-refractivity contribution >= 4 is 21.5 Å². The number of nitrogens with one attached hydrogen (secondary N) is 2. The zero-order valence-electron chi connectivity index (χ0n) is 12.4. The predicted molar refractivity (Wildman–Crippen MR) is 81.4 cm³/mol. The van der Waals surface area contributed by atoms with Gasteiger partial charge in [-0.05, 0) is 6.42 Å². The normalized spacial score (nSPS) is 12.2. The molecule has 0 aliphatic rings. The highest BCUT2D eigenvalue weighted by Crippen LogP contribution is 2.21. The molecule has 0 aromatic carbocycles. The molecule has 1 rings (SSSR count). The molecule has 4 N–H and O–H groups in total. The SMILES string of the molecule is CC(C)(C)c1nc(NN)cc(NCCCS(C)(=O)=O)n1. The summed E-state index contributed by atoms with van der Waals surface area (Å²) in [7, 11) is -2.93. The maximum absolute atomic E-state index is 11.0. The van der Waals surface area contributed by atoms with Crippen LogP contribution in [0.5, 0.6) is 0 Å². The third-order valence-electron chi connectivity index (χ3n) is 2.54. The zero-order valence-corrected chi connectivity index (χ0v) is 13.2. The van der Waals surface area contributed by atoms with Crippen molar-refractivity contribution < 1.29 is 8.42 Å². The van der Waals surface area contributed by atoms with Gasteiger partial charge in [0.15, 0.2) is 0 Å². The highest BCUT2D eigenvalue weighted by atomic mass is 32.2. The van der Waals surface area contributed by atoms with Crippen LogP contribution in [-0.4, -0.2) is 36.9 Å². The van der Waals surface area contributed by atoms with Gasteiger partial charge in [0.25, 0.3) is 0 Å². The average molecular weight is 301 g/mol. The van der Waals surface area contributed by atoms with Gasteiger partial charge in [-0.3, -0.25) is 0 Å². The zero-order chi connectivity index (χ0) is 15.4. The summed E-state index contributed by atoms with van der Waals surface area (Å²) in [6.45, 7) is 6.56. The number of hydrogen-bond acceptors (Lipinski definition) is 7. The quantitative estimate of drug-likeness (QED) is 0.407. The standard InChI is InChI=1S/C12H23N5O2S/c1-12(2,3)11-15-9(8-10(16-11)17-13)14-6-5-7-20(4,18)19/h8H,5-7,13H2,1-4H3,(H2,14,15,16,17). The third kappa shape index (κ3) is 5.70. The summed E-state index contributed by atoms with van der Waals surface area (Å²) in [4.78, 5) is 8.73. The minimum Gasteiger partial charge on any atom is -0.370 e. The highest BCUT2D eigenvalue weighted by Gasteiger charge is 2.19. The van der Waals surface area contributed by atoms with E-state index in [-0.39, 0.29) is 11.2 Å². The van der Waals surface area contributed by atoms with Crippen molar-refractivity contribution in [3.8, 4) is 0 Å². The van der Waals surface area contributed by atoms with Crippen molar-refractivity contribution in [2.75, 3.05) is 29.3 Å². The minimum atomic E-state index is -2.93. The molecule has 1 aromatic heterocycles. The van der Waals surface area contributed by atoms with Crippen molar-refractivity contribution in [1.29, 1.82) is 0 Å². The summed E-state index contributed by atoms with van der Waals surface area (Å²) in [5.41, 5.74) is 2.31. The molecule has 0 atom stereocenters. The first-order chi connectivity index (χ1) is 9.12. The van der Waals surface area contributed by atoms with Crippen LogP contribution >= 0.6 is 0 Å². The topological polar surface area (TPSA) is 110 Å². The van der Waals surface area contributed by atoms with Crippen molar-refractivity contribution in [3.63, 3.8) is 0 Å². The molecule has 0 amide bonds. The minimum absolute atomic E-state index is 0.152. The fraction of sp³-hybridized carbons (Fsp3) is 0.667. The molecule has 0 aliphatic heterocycles. The molecular weight excluding hydrogens is 278 g/mol. The molecule has 0 radical (unpaired) electrons. The number of nitrogens with two attached hydrogens (primary N) is 1. The van der Waals surface area contributed by atoms with Gasteiger partial charge in [0.05, 0.1) is 5.75 Å². The maximum Gasteiger partial charge on any atom is 0.147 e. The molecule has 0 bridgehead atoms. The van der Waals surface area contributed by atoms with Gasteiger partial charge >= 0.3 is 0 Å². The molecule has 114 valence electrons. The van der Waals surface area contributed by atoms with Gasteiger partial charge in [-0.15, -0.1) is 0 Å². The fourth-order valence-electron chi connectivity index (χ4n) is 1.50. The van der Waals surface area contributed by atoms with Crippen LogP contribution in [0.3, 0.4) is 0 Å². The van der Waals surface area contributed by atoms with E-state index in [2.05, 4.69) is 20.7 Å². The van der Waals surface area contributed by atoms with Crippen LogP contribution < -0.4 is 16.6 Å². The van der Waals surface area contributed by atoms with Gasteiger partial charge in [-0.25, -0.2) is 24.2 Å². The number of nitrogen functional groups attached to an aromatic ring is 1. The molecular formula is C12H23N5O2S. The second-order valence-corrected chi connectivity index (χ2v) is 8.03. The number of sulfone groups is 1. The van der Waals surface area contributed by atoms with Gasteiger partial charge < -0.3 is 10.7 Å². The summed E-state index contributed by atoms with van der Waals surface area (Å²) in [5, 5.41) is 3.09. The second kappa shape index (κ2) is 6.36. The Labute approximate surface area is 120 Å². The Morgan fingerprint density at radius 2 is 1.85 bits per heavy atom. The molecule has 0 spiro atoms. The Morgan fingerprint density at radius 3 is 2.35 bits per heavy atom. The van der Waals surface area contributed by atoms with Crippen LogP contribution in [0.2, 0.25) is 0 Å². The molecule has 7 nitrogen and oxygen atoms in total. The molecule has 0 unspecified atom stereocenters. The van der Waals surface area contributed by atoms with Crippen molar-refractivity contribution in [1.82, 2.24) is 9.97 Å². The molecule has 0 saturated heterocycles. The van der Waals surface area contributed by atoms with Crippen molar-refractivity contribution in [3.05, 3.63) is 11.9 Å². The number of nitrogens with zero attached hydrogens (tertiary/aromatic N) is 2. The van der Waals surface area contributed by atoms with Crippen molar-refractivity contribution in [2.45, 2.75) is 32.6 Å². The van der Waals surface area contributed by atoms with Crippen LogP contribution in [0.4, 0.5) is 11.6 Å². The Hall–Kier alpha value is -1.41. The van der Waals surface area contributed by atoms with Crippen LogP contribution in [0.15, 0.2) is 6.07 Å². The number of anilines is 2. The molecule has 20 heavy (non-hydrogen) atoms. The number of rotatable bonds is 6. The molecule has 8 heteroatoms. The van der Waals surface area contributed by atoms with E-state index in [0.717, 1.165) is 0 Å². The number of hydrazine groups is 1. The Morgan fingerprint density at radius 1 is 1.25 bits per heavy atom. The average Bonchev–Trinajstić information content (AvgIpc) is 2.32. The first-order valence-corrected chi connectivity index (χ1v) is 8.45.